The van der Waals surface area contributed by atoms with Crippen LogP contribution in [0.15, 0.2) is 48.5 Å². The molecule has 0 radical (unpaired) electrons. The van der Waals surface area contributed by atoms with E-state index in [2.05, 4.69) is 29.6 Å². The number of hydrogen-bond donors (Lipinski definition) is 1. The largest absolute Gasteiger partial charge is 0.467 e. The van der Waals surface area contributed by atoms with Crippen LogP contribution >= 0.6 is 0 Å². The molecule has 2 aromatic carbocycles. The Morgan fingerprint density at radius 1 is 1.00 bits per heavy atom. The highest BCUT2D eigenvalue weighted by atomic mass is 16.5. The Hall–Kier alpha value is -2.62. The van der Waals surface area contributed by atoms with Gasteiger partial charge in [0, 0.05) is 18.8 Å². The van der Waals surface area contributed by atoms with Crippen molar-refractivity contribution in [2.45, 2.75) is 30.7 Å². The van der Waals surface area contributed by atoms with Crippen LogP contribution in [0.1, 0.15) is 47.4 Å². The van der Waals surface area contributed by atoms with Crippen molar-refractivity contribution >= 4 is 11.9 Å². The van der Waals surface area contributed by atoms with E-state index in [-0.39, 0.29) is 23.7 Å². The SMILES string of the molecule is COC(=O)C1(NC(C)=O)CC2c3ccccc3C1c1ccccc12. The van der Waals surface area contributed by atoms with Gasteiger partial charge in [0.1, 0.15) is 5.54 Å². The number of rotatable bonds is 2. The smallest absolute Gasteiger partial charge is 0.332 e. The van der Waals surface area contributed by atoms with Gasteiger partial charge in [0.2, 0.25) is 5.91 Å². The van der Waals surface area contributed by atoms with Crippen LogP contribution in [-0.4, -0.2) is 24.5 Å². The summed E-state index contributed by atoms with van der Waals surface area (Å²) in [5, 5.41) is 2.95. The van der Waals surface area contributed by atoms with Crippen LogP contribution in [0.4, 0.5) is 0 Å². The molecule has 3 aliphatic rings. The molecule has 0 saturated carbocycles. The number of carbonyl (C=O) groups excluding carboxylic acids is 2. The first kappa shape index (κ1) is 14.9. The molecule has 2 aromatic rings. The Balaban J connectivity index is 2.01. The molecular weight excluding hydrogens is 302 g/mol. The molecule has 0 aliphatic heterocycles. The minimum atomic E-state index is -1.05. The van der Waals surface area contributed by atoms with Crippen molar-refractivity contribution in [2.24, 2.45) is 0 Å². The molecule has 1 unspecified atom stereocenters. The molecule has 2 bridgehead atoms. The summed E-state index contributed by atoms with van der Waals surface area (Å²) in [6, 6.07) is 16.4. The maximum atomic E-state index is 12.8. The zero-order valence-electron chi connectivity index (χ0n) is 13.7. The van der Waals surface area contributed by atoms with E-state index in [1.165, 1.54) is 25.2 Å². The van der Waals surface area contributed by atoms with E-state index in [0.717, 1.165) is 11.1 Å². The molecule has 0 heterocycles. The number of amides is 1. The van der Waals surface area contributed by atoms with Crippen molar-refractivity contribution in [1.29, 1.82) is 0 Å². The molecule has 4 heteroatoms. The van der Waals surface area contributed by atoms with Crippen molar-refractivity contribution in [2.75, 3.05) is 7.11 Å². The number of carbonyl (C=O) groups is 2. The topological polar surface area (TPSA) is 55.4 Å². The van der Waals surface area contributed by atoms with E-state index in [1.807, 2.05) is 24.3 Å². The molecule has 4 nitrogen and oxygen atoms in total. The van der Waals surface area contributed by atoms with Gasteiger partial charge in [-0.1, -0.05) is 48.5 Å². The molecule has 3 aliphatic carbocycles. The van der Waals surface area contributed by atoms with E-state index >= 15 is 0 Å². The first-order chi connectivity index (χ1) is 11.6. The number of methoxy groups -OCH3 is 1. The van der Waals surface area contributed by atoms with Crippen molar-refractivity contribution in [3.8, 4) is 0 Å². The number of ether oxygens (including phenoxy) is 1. The van der Waals surface area contributed by atoms with Gasteiger partial charge in [-0.25, -0.2) is 4.79 Å². The van der Waals surface area contributed by atoms with Crippen LogP contribution in [0.25, 0.3) is 0 Å². The summed E-state index contributed by atoms with van der Waals surface area (Å²) in [4.78, 5) is 24.7. The zero-order chi connectivity index (χ0) is 16.9. The lowest BCUT2D eigenvalue weighted by Crippen LogP contribution is -2.63. The lowest BCUT2D eigenvalue weighted by atomic mass is 9.55. The first-order valence-electron chi connectivity index (χ1n) is 8.13. The van der Waals surface area contributed by atoms with Gasteiger partial charge in [-0.2, -0.15) is 0 Å². The standard InChI is InChI=1S/C20H19NO3/c1-12(22)21-20(19(23)24-2)11-17-13-7-3-5-9-15(13)18(20)16-10-6-4-8-14(16)17/h3-10,17-18H,11H2,1-2H3,(H,21,22). The number of hydrogen-bond acceptors (Lipinski definition) is 3. The third-order valence-electron chi connectivity index (χ3n) is 5.33. The molecule has 0 spiro atoms. The van der Waals surface area contributed by atoms with E-state index in [0.29, 0.717) is 6.42 Å². The Morgan fingerprint density at radius 2 is 1.50 bits per heavy atom. The number of benzene rings is 2. The molecule has 1 N–H and O–H groups in total. The van der Waals surface area contributed by atoms with Gasteiger partial charge in [-0.3, -0.25) is 4.79 Å². The number of fused-ring (bicyclic) bond motifs is 1. The monoisotopic (exact) mass is 321 g/mol. The first-order valence-corrected chi connectivity index (χ1v) is 8.13. The molecule has 1 amide bonds. The second-order valence-electron chi connectivity index (χ2n) is 6.59. The Bertz CT molecular complexity index is 797. The van der Waals surface area contributed by atoms with E-state index in [4.69, 9.17) is 4.74 Å². The van der Waals surface area contributed by atoms with Gasteiger partial charge in [0.05, 0.1) is 7.11 Å². The number of nitrogens with one attached hydrogen (secondary N) is 1. The van der Waals surface area contributed by atoms with Gasteiger partial charge >= 0.3 is 5.97 Å². The average molecular weight is 321 g/mol. The van der Waals surface area contributed by atoms with Gasteiger partial charge in [-0.05, 0) is 28.7 Å². The van der Waals surface area contributed by atoms with Crippen LogP contribution in [0, 0.1) is 0 Å². The van der Waals surface area contributed by atoms with Crippen molar-refractivity contribution in [1.82, 2.24) is 5.32 Å². The highest BCUT2D eigenvalue weighted by molar-refractivity contribution is 5.91. The van der Waals surface area contributed by atoms with Crippen LogP contribution < -0.4 is 5.32 Å². The highest BCUT2D eigenvalue weighted by Crippen LogP contribution is 2.57. The van der Waals surface area contributed by atoms with Gasteiger partial charge < -0.3 is 10.1 Å². The maximum Gasteiger partial charge on any atom is 0.332 e. The van der Waals surface area contributed by atoms with Crippen molar-refractivity contribution < 1.29 is 14.3 Å². The fourth-order valence-corrected chi connectivity index (χ4v) is 4.58. The Labute approximate surface area is 140 Å². The predicted molar refractivity (Wildman–Crippen MR) is 89.8 cm³/mol. The molecular formula is C20H19NO3. The summed E-state index contributed by atoms with van der Waals surface area (Å²) < 4.78 is 5.12. The predicted octanol–water partition coefficient (Wildman–Crippen LogP) is 2.72. The fraction of sp³-hybridized carbons (Fsp3) is 0.300. The second kappa shape index (κ2) is 5.20. The summed E-state index contributed by atoms with van der Waals surface area (Å²) in [5.74, 6) is -0.751. The highest BCUT2D eigenvalue weighted by Gasteiger charge is 2.58. The third kappa shape index (κ3) is 1.86. The molecule has 5 rings (SSSR count). The second-order valence-corrected chi connectivity index (χ2v) is 6.59. The van der Waals surface area contributed by atoms with E-state index in [9.17, 15) is 9.59 Å². The lowest BCUT2D eigenvalue weighted by molar-refractivity contribution is -0.152. The fourth-order valence-electron chi connectivity index (χ4n) is 4.58. The minimum absolute atomic E-state index is 0.0772. The minimum Gasteiger partial charge on any atom is -0.467 e. The number of esters is 1. The average Bonchev–Trinajstić information content (AvgIpc) is 2.60. The van der Waals surface area contributed by atoms with Crippen LogP contribution in [0.2, 0.25) is 0 Å². The van der Waals surface area contributed by atoms with Crippen molar-refractivity contribution in [3.63, 3.8) is 0 Å². The molecule has 0 aromatic heterocycles. The van der Waals surface area contributed by atoms with Crippen LogP contribution in [0.5, 0.6) is 0 Å². The van der Waals surface area contributed by atoms with Crippen LogP contribution in [0.3, 0.4) is 0 Å². The summed E-state index contributed by atoms with van der Waals surface area (Å²) in [6.45, 7) is 1.45. The summed E-state index contributed by atoms with van der Waals surface area (Å²) in [6.07, 6.45) is 0.526. The molecule has 122 valence electrons. The summed E-state index contributed by atoms with van der Waals surface area (Å²) in [5.41, 5.74) is 3.64. The van der Waals surface area contributed by atoms with Gasteiger partial charge in [0.25, 0.3) is 0 Å². The van der Waals surface area contributed by atoms with Gasteiger partial charge in [0.15, 0.2) is 0 Å². The van der Waals surface area contributed by atoms with E-state index < -0.39 is 5.54 Å². The Morgan fingerprint density at radius 3 is 1.96 bits per heavy atom. The third-order valence-corrected chi connectivity index (χ3v) is 5.33. The van der Waals surface area contributed by atoms with Crippen LogP contribution in [-0.2, 0) is 14.3 Å². The molecule has 0 fully saturated rings. The lowest BCUT2D eigenvalue weighted by Gasteiger charge is -2.51. The zero-order valence-corrected chi connectivity index (χ0v) is 13.7. The van der Waals surface area contributed by atoms with Crippen molar-refractivity contribution in [3.05, 3.63) is 70.8 Å². The van der Waals surface area contributed by atoms with E-state index in [1.54, 1.807) is 0 Å². The summed E-state index contributed by atoms with van der Waals surface area (Å²) in [7, 11) is 1.38. The molecule has 0 saturated heterocycles. The normalized spacial score (nSPS) is 26.2. The summed E-state index contributed by atoms with van der Waals surface area (Å²) >= 11 is 0. The quantitative estimate of drug-likeness (QED) is 0.865. The maximum absolute atomic E-state index is 12.8. The molecule has 1 atom stereocenters. The van der Waals surface area contributed by atoms with Gasteiger partial charge in [-0.15, -0.1) is 0 Å². The Kier molecular flexibility index (Phi) is 3.23. The molecule has 24 heavy (non-hydrogen) atoms.